The molecule has 1 aromatic carbocycles. The highest BCUT2D eigenvalue weighted by Gasteiger charge is 2.14. The van der Waals surface area contributed by atoms with Crippen molar-refractivity contribution in [1.82, 2.24) is 4.98 Å². The fraction of sp³-hybridized carbons (Fsp3) is 0.364. The highest BCUT2D eigenvalue weighted by Crippen LogP contribution is 2.23. The fourth-order valence-corrected chi connectivity index (χ4v) is 1.34. The summed E-state index contributed by atoms with van der Waals surface area (Å²) in [6.45, 7) is 3.77. The lowest BCUT2D eigenvalue weighted by Gasteiger charge is -2.16. The maximum atomic E-state index is 9.55. The molecule has 5 heteroatoms. The van der Waals surface area contributed by atoms with Crippen molar-refractivity contribution in [1.29, 1.82) is 0 Å². The molecule has 0 unspecified atom stereocenters. The van der Waals surface area contributed by atoms with Crippen molar-refractivity contribution in [2.45, 2.75) is 19.4 Å². The molecule has 0 spiro atoms. The van der Waals surface area contributed by atoms with E-state index < -0.39 is 5.60 Å². The van der Waals surface area contributed by atoms with Crippen molar-refractivity contribution in [3.63, 3.8) is 0 Å². The van der Waals surface area contributed by atoms with Crippen LogP contribution in [0.15, 0.2) is 22.6 Å². The Labute approximate surface area is 93.3 Å². The summed E-state index contributed by atoms with van der Waals surface area (Å²) in [5.74, 6) is 0. The van der Waals surface area contributed by atoms with Crippen LogP contribution in [0.5, 0.6) is 0 Å². The van der Waals surface area contributed by atoms with Gasteiger partial charge >= 0.3 is 0 Å². The highest BCUT2D eigenvalue weighted by molar-refractivity contribution is 5.86. The van der Waals surface area contributed by atoms with Gasteiger partial charge in [-0.05, 0) is 26.0 Å². The molecule has 0 radical (unpaired) electrons. The molecular weight excluding hydrogens is 206 g/mol. The number of aromatic nitrogens is 1. The van der Waals surface area contributed by atoms with E-state index in [1.807, 2.05) is 6.07 Å². The number of nitrogens with zero attached hydrogens (tertiary/aromatic N) is 1. The number of nitrogens with two attached hydrogens (primary N) is 1. The van der Waals surface area contributed by atoms with Gasteiger partial charge in [-0.3, -0.25) is 0 Å². The van der Waals surface area contributed by atoms with Gasteiger partial charge in [-0.15, -0.1) is 0 Å². The van der Waals surface area contributed by atoms with Crippen LogP contribution < -0.4 is 11.1 Å². The number of nitrogens with one attached hydrogen (secondary N) is 1. The topological polar surface area (TPSA) is 84.3 Å². The second kappa shape index (κ2) is 3.68. The van der Waals surface area contributed by atoms with Gasteiger partial charge in [0.15, 0.2) is 5.58 Å². The van der Waals surface area contributed by atoms with E-state index in [9.17, 15) is 5.11 Å². The molecule has 5 nitrogen and oxygen atoms in total. The molecule has 0 aliphatic rings. The third-order valence-corrected chi connectivity index (χ3v) is 2.12. The lowest BCUT2D eigenvalue weighted by Crippen LogP contribution is -2.29. The summed E-state index contributed by atoms with van der Waals surface area (Å²) >= 11 is 0. The van der Waals surface area contributed by atoms with E-state index in [4.69, 9.17) is 10.2 Å². The molecule has 0 aliphatic carbocycles. The van der Waals surface area contributed by atoms with Gasteiger partial charge in [-0.25, -0.2) is 0 Å². The monoisotopic (exact) mass is 221 g/mol. The molecule has 2 aromatic rings. The van der Waals surface area contributed by atoms with Crippen LogP contribution in [0, 0.1) is 0 Å². The molecule has 16 heavy (non-hydrogen) atoms. The molecule has 0 aliphatic heterocycles. The van der Waals surface area contributed by atoms with Gasteiger partial charge in [0.1, 0.15) is 5.52 Å². The normalized spacial score (nSPS) is 11.9. The molecule has 4 N–H and O–H groups in total. The van der Waals surface area contributed by atoms with Crippen LogP contribution >= 0.6 is 0 Å². The highest BCUT2D eigenvalue weighted by atomic mass is 16.4. The molecule has 0 atom stereocenters. The Morgan fingerprint density at radius 1 is 1.50 bits per heavy atom. The van der Waals surface area contributed by atoms with Crippen LogP contribution in [0.4, 0.5) is 11.7 Å². The summed E-state index contributed by atoms with van der Waals surface area (Å²) < 4.78 is 5.43. The number of benzene rings is 1. The summed E-state index contributed by atoms with van der Waals surface area (Å²) in [5.41, 5.74) is 6.80. The fourth-order valence-electron chi connectivity index (χ4n) is 1.34. The second-order valence-electron chi connectivity index (χ2n) is 4.38. The molecule has 2 rings (SSSR count). The van der Waals surface area contributed by atoms with Gasteiger partial charge in [0.2, 0.25) is 0 Å². The molecule has 0 amide bonds. The molecule has 1 heterocycles. The van der Waals surface area contributed by atoms with Crippen LogP contribution in [-0.4, -0.2) is 22.2 Å². The van der Waals surface area contributed by atoms with E-state index in [0.29, 0.717) is 29.3 Å². The van der Waals surface area contributed by atoms with Crippen molar-refractivity contribution in [3.05, 3.63) is 18.2 Å². The third kappa shape index (κ3) is 2.25. The number of aliphatic hydroxyl groups is 1. The zero-order valence-electron chi connectivity index (χ0n) is 9.32. The minimum Gasteiger partial charge on any atom is -0.423 e. The van der Waals surface area contributed by atoms with Crippen molar-refractivity contribution in [3.8, 4) is 0 Å². The van der Waals surface area contributed by atoms with Crippen molar-refractivity contribution >= 4 is 22.8 Å². The van der Waals surface area contributed by atoms with Gasteiger partial charge in [-0.1, -0.05) is 6.07 Å². The smallest absolute Gasteiger partial charge is 0.295 e. The number of fused-ring (bicyclic) bond motifs is 1. The van der Waals surface area contributed by atoms with E-state index in [1.54, 1.807) is 26.0 Å². The second-order valence-corrected chi connectivity index (χ2v) is 4.38. The van der Waals surface area contributed by atoms with E-state index in [2.05, 4.69) is 10.3 Å². The molecule has 0 fully saturated rings. The first-order chi connectivity index (χ1) is 7.46. The zero-order valence-corrected chi connectivity index (χ0v) is 9.32. The van der Waals surface area contributed by atoms with Crippen molar-refractivity contribution < 1.29 is 9.52 Å². The van der Waals surface area contributed by atoms with Crippen LogP contribution in [0.25, 0.3) is 11.1 Å². The first-order valence-corrected chi connectivity index (χ1v) is 5.07. The summed E-state index contributed by atoms with van der Waals surface area (Å²) in [7, 11) is 0. The minimum atomic E-state index is -0.813. The average Bonchev–Trinajstić information content (AvgIpc) is 2.58. The Hall–Kier alpha value is -1.75. The predicted octanol–water partition coefficient (Wildman–Crippen LogP) is 1.59. The first-order valence-electron chi connectivity index (χ1n) is 5.07. The number of nitrogen functional groups attached to an aromatic ring is 1. The Morgan fingerprint density at radius 3 is 2.88 bits per heavy atom. The standard InChI is InChI=1S/C11H15N3O2/c1-11(2,15)6-13-10-14-9-7(12)4-3-5-8(9)16-10/h3-5,15H,6,12H2,1-2H3,(H,13,14). The SMILES string of the molecule is CC(C)(O)CNc1nc2c(N)cccc2o1. The Morgan fingerprint density at radius 2 is 2.25 bits per heavy atom. The van der Waals surface area contributed by atoms with Gasteiger partial charge in [0, 0.05) is 6.54 Å². The maximum Gasteiger partial charge on any atom is 0.295 e. The maximum absolute atomic E-state index is 9.55. The number of anilines is 2. The van der Waals surface area contributed by atoms with Crippen molar-refractivity contribution in [2.75, 3.05) is 17.6 Å². The Kier molecular flexibility index (Phi) is 2.47. The number of para-hydroxylation sites is 1. The number of rotatable bonds is 3. The summed E-state index contributed by atoms with van der Waals surface area (Å²) in [6.07, 6.45) is 0. The molecule has 1 aromatic heterocycles. The molecular formula is C11H15N3O2. The lowest BCUT2D eigenvalue weighted by atomic mass is 10.1. The first kappa shape index (κ1) is 10.8. The Bertz CT molecular complexity index is 499. The molecule has 0 bridgehead atoms. The molecule has 0 saturated heterocycles. The van der Waals surface area contributed by atoms with Gasteiger partial charge < -0.3 is 20.6 Å². The van der Waals surface area contributed by atoms with E-state index in [1.165, 1.54) is 0 Å². The quantitative estimate of drug-likeness (QED) is 0.685. The Balaban J connectivity index is 2.24. The molecule has 86 valence electrons. The number of hydrogen-bond acceptors (Lipinski definition) is 5. The van der Waals surface area contributed by atoms with Crippen molar-refractivity contribution in [2.24, 2.45) is 0 Å². The zero-order chi connectivity index (χ0) is 11.8. The largest absolute Gasteiger partial charge is 0.423 e. The van der Waals surface area contributed by atoms with Gasteiger partial charge in [-0.2, -0.15) is 4.98 Å². The summed E-state index contributed by atoms with van der Waals surface area (Å²) in [6, 6.07) is 5.75. The van der Waals surface area contributed by atoms with E-state index >= 15 is 0 Å². The summed E-state index contributed by atoms with van der Waals surface area (Å²) in [4.78, 5) is 4.20. The van der Waals surface area contributed by atoms with Crippen LogP contribution in [-0.2, 0) is 0 Å². The minimum absolute atomic E-state index is 0.361. The van der Waals surface area contributed by atoms with E-state index in [0.717, 1.165) is 0 Å². The van der Waals surface area contributed by atoms with Crippen LogP contribution in [0.3, 0.4) is 0 Å². The van der Waals surface area contributed by atoms with Crippen LogP contribution in [0.2, 0.25) is 0 Å². The van der Waals surface area contributed by atoms with E-state index in [-0.39, 0.29) is 0 Å². The summed E-state index contributed by atoms with van der Waals surface area (Å²) in [5, 5.41) is 12.5. The number of hydrogen-bond donors (Lipinski definition) is 3. The predicted molar refractivity (Wildman–Crippen MR) is 63.2 cm³/mol. The molecule has 0 saturated carbocycles. The number of oxazole rings is 1. The van der Waals surface area contributed by atoms with Gasteiger partial charge in [0.25, 0.3) is 6.01 Å². The lowest BCUT2D eigenvalue weighted by molar-refractivity contribution is 0.0939. The average molecular weight is 221 g/mol. The third-order valence-electron chi connectivity index (χ3n) is 2.12. The van der Waals surface area contributed by atoms with Gasteiger partial charge in [0.05, 0.1) is 11.3 Å². The van der Waals surface area contributed by atoms with Crippen LogP contribution in [0.1, 0.15) is 13.8 Å².